The molecule has 7 nitrogen and oxygen atoms in total. The van der Waals surface area contributed by atoms with Gasteiger partial charge in [-0.05, 0) is 30.3 Å². The summed E-state index contributed by atoms with van der Waals surface area (Å²) in [5, 5.41) is 11.0. The van der Waals surface area contributed by atoms with Gasteiger partial charge in [-0.2, -0.15) is 0 Å². The van der Waals surface area contributed by atoms with Crippen molar-refractivity contribution in [3.63, 3.8) is 0 Å². The van der Waals surface area contributed by atoms with Gasteiger partial charge in [-0.1, -0.05) is 6.07 Å². The van der Waals surface area contributed by atoms with Crippen LogP contribution in [0.4, 0.5) is 15.8 Å². The molecule has 0 saturated carbocycles. The van der Waals surface area contributed by atoms with Crippen LogP contribution < -0.4 is 9.46 Å². The van der Waals surface area contributed by atoms with Crippen LogP contribution in [0.1, 0.15) is 0 Å². The Morgan fingerprint density at radius 3 is 2.55 bits per heavy atom. The lowest BCUT2D eigenvalue weighted by molar-refractivity contribution is -0.387. The summed E-state index contributed by atoms with van der Waals surface area (Å²) in [6, 6.07) is 8.10. The third-order valence-electron chi connectivity index (χ3n) is 2.73. The molecule has 2 rings (SSSR count). The monoisotopic (exact) mass is 326 g/mol. The molecule has 0 aliphatic heterocycles. The van der Waals surface area contributed by atoms with Gasteiger partial charge >= 0.3 is 0 Å². The van der Waals surface area contributed by atoms with Crippen LogP contribution in [0.25, 0.3) is 0 Å². The Labute approximate surface area is 125 Å². The zero-order valence-electron chi connectivity index (χ0n) is 11.3. The van der Waals surface area contributed by atoms with Gasteiger partial charge in [-0.25, -0.2) is 12.8 Å². The van der Waals surface area contributed by atoms with Crippen molar-refractivity contribution in [2.45, 2.75) is 4.90 Å². The fourth-order valence-electron chi connectivity index (χ4n) is 1.76. The lowest BCUT2D eigenvalue weighted by atomic mass is 10.3. The summed E-state index contributed by atoms with van der Waals surface area (Å²) < 4.78 is 44.5. The normalized spacial score (nSPS) is 11.0. The molecule has 9 heteroatoms. The van der Waals surface area contributed by atoms with Crippen molar-refractivity contribution in [1.82, 2.24) is 0 Å². The maximum absolute atomic E-state index is 13.1. The number of hydrogen-bond donors (Lipinski definition) is 1. The SMILES string of the molecule is COc1ccc(S(=O)(=O)Nc2cccc(F)c2)c([N+](=O)[O-])c1. The minimum Gasteiger partial charge on any atom is -0.497 e. The molecule has 22 heavy (non-hydrogen) atoms. The van der Waals surface area contributed by atoms with Crippen LogP contribution in [0.5, 0.6) is 5.75 Å². The fourth-order valence-corrected chi connectivity index (χ4v) is 2.96. The number of hydrogen-bond acceptors (Lipinski definition) is 5. The van der Waals surface area contributed by atoms with Crippen LogP contribution in [-0.4, -0.2) is 20.5 Å². The molecule has 0 spiro atoms. The highest BCUT2D eigenvalue weighted by Crippen LogP contribution is 2.29. The quantitative estimate of drug-likeness (QED) is 0.672. The molecule has 0 unspecified atom stereocenters. The van der Waals surface area contributed by atoms with E-state index in [1.165, 1.54) is 25.3 Å². The van der Waals surface area contributed by atoms with Gasteiger partial charge in [0.2, 0.25) is 0 Å². The predicted molar refractivity (Wildman–Crippen MR) is 76.9 cm³/mol. The lowest BCUT2D eigenvalue weighted by Gasteiger charge is -2.09. The number of anilines is 1. The maximum atomic E-state index is 13.1. The van der Waals surface area contributed by atoms with E-state index in [1.54, 1.807) is 0 Å². The van der Waals surface area contributed by atoms with E-state index >= 15 is 0 Å². The van der Waals surface area contributed by atoms with E-state index in [9.17, 15) is 22.9 Å². The number of sulfonamides is 1. The molecule has 0 fully saturated rings. The second kappa shape index (κ2) is 5.98. The summed E-state index contributed by atoms with van der Waals surface area (Å²) in [6.45, 7) is 0. The molecular weight excluding hydrogens is 315 g/mol. The zero-order chi connectivity index (χ0) is 16.3. The van der Waals surface area contributed by atoms with Crippen LogP contribution in [0.2, 0.25) is 0 Å². The second-order valence-electron chi connectivity index (χ2n) is 4.21. The Hall–Kier alpha value is -2.68. The first-order valence-electron chi connectivity index (χ1n) is 5.94. The van der Waals surface area contributed by atoms with E-state index in [0.717, 1.165) is 24.3 Å². The Morgan fingerprint density at radius 2 is 1.95 bits per heavy atom. The van der Waals surface area contributed by atoms with Gasteiger partial charge < -0.3 is 4.74 Å². The molecule has 0 aliphatic carbocycles. The summed E-state index contributed by atoms with van der Waals surface area (Å²) in [7, 11) is -2.94. The van der Waals surface area contributed by atoms with Crippen LogP contribution >= 0.6 is 0 Å². The fraction of sp³-hybridized carbons (Fsp3) is 0.0769. The topological polar surface area (TPSA) is 98.5 Å². The number of nitro benzene ring substituents is 1. The van der Waals surface area contributed by atoms with Gasteiger partial charge in [-0.3, -0.25) is 14.8 Å². The average molecular weight is 326 g/mol. The van der Waals surface area contributed by atoms with Gasteiger partial charge in [0, 0.05) is 0 Å². The average Bonchev–Trinajstić information content (AvgIpc) is 2.46. The molecule has 0 bridgehead atoms. The Morgan fingerprint density at radius 1 is 1.23 bits per heavy atom. The van der Waals surface area contributed by atoms with E-state index < -0.39 is 31.3 Å². The molecule has 0 heterocycles. The van der Waals surface area contributed by atoms with Gasteiger partial charge in [0.25, 0.3) is 15.7 Å². The van der Waals surface area contributed by atoms with E-state index in [4.69, 9.17) is 4.74 Å². The zero-order valence-corrected chi connectivity index (χ0v) is 12.1. The van der Waals surface area contributed by atoms with Gasteiger partial charge in [-0.15, -0.1) is 0 Å². The van der Waals surface area contributed by atoms with Crippen LogP contribution in [0, 0.1) is 15.9 Å². The Kier molecular flexibility index (Phi) is 4.27. The smallest absolute Gasteiger partial charge is 0.293 e. The molecule has 2 aromatic rings. The number of methoxy groups -OCH3 is 1. The van der Waals surface area contributed by atoms with E-state index in [2.05, 4.69) is 4.72 Å². The standard InChI is InChI=1S/C13H11FN2O5S/c1-21-11-5-6-13(12(8-11)16(17)18)22(19,20)15-10-4-2-3-9(14)7-10/h2-8,15H,1H3. The molecule has 0 atom stereocenters. The molecule has 0 aliphatic rings. The van der Waals surface area contributed by atoms with Gasteiger partial charge in [0.15, 0.2) is 4.90 Å². The first-order chi connectivity index (χ1) is 10.3. The predicted octanol–water partition coefficient (Wildman–Crippen LogP) is 2.54. The van der Waals surface area contributed by atoms with Crippen molar-refractivity contribution < 1.29 is 22.5 Å². The first-order valence-corrected chi connectivity index (χ1v) is 7.42. The minimum absolute atomic E-state index is 0.0369. The maximum Gasteiger partial charge on any atom is 0.293 e. The van der Waals surface area contributed by atoms with Crippen molar-refractivity contribution in [3.05, 3.63) is 58.4 Å². The summed E-state index contributed by atoms with van der Waals surface area (Å²) in [6.07, 6.45) is 0. The molecule has 0 aromatic heterocycles. The third kappa shape index (κ3) is 3.31. The van der Waals surface area contributed by atoms with Crippen LogP contribution in [0.15, 0.2) is 47.4 Å². The highest BCUT2D eigenvalue weighted by atomic mass is 32.2. The molecule has 1 N–H and O–H groups in total. The number of rotatable bonds is 5. The van der Waals surface area contributed by atoms with Crippen LogP contribution in [0.3, 0.4) is 0 Å². The molecule has 0 amide bonds. The van der Waals surface area contributed by atoms with Gasteiger partial charge in [0.05, 0.1) is 23.8 Å². The van der Waals surface area contributed by atoms with Crippen molar-refractivity contribution in [3.8, 4) is 5.75 Å². The van der Waals surface area contributed by atoms with Crippen molar-refractivity contribution in [2.75, 3.05) is 11.8 Å². The number of benzene rings is 2. The highest BCUT2D eigenvalue weighted by molar-refractivity contribution is 7.92. The van der Waals surface area contributed by atoms with Gasteiger partial charge in [0.1, 0.15) is 11.6 Å². The van der Waals surface area contributed by atoms with Crippen molar-refractivity contribution in [2.24, 2.45) is 0 Å². The molecular formula is C13H11FN2O5S. The molecule has 0 saturated heterocycles. The lowest BCUT2D eigenvalue weighted by Crippen LogP contribution is -2.15. The number of nitro groups is 1. The first kappa shape index (κ1) is 15.7. The number of nitrogens with one attached hydrogen (secondary N) is 1. The minimum atomic E-state index is -4.24. The molecule has 116 valence electrons. The second-order valence-corrected chi connectivity index (χ2v) is 5.86. The Bertz CT molecular complexity index is 823. The van der Waals surface area contributed by atoms with E-state index in [1.807, 2.05) is 0 Å². The van der Waals surface area contributed by atoms with E-state index in [-0.39, 0.29) is 11.4 Å². The summed E-state index contributed by atoms with van der Waals surface area (Å²) in [5.74, 6) is -0.485. The third-order valence-corrected chi connectivity index (χ3v) is 4.16. The van der Waals surface area contributed by atoms with Crippen molar-refractivity contribution >= 4 is 21.4 Å². The van der Waals surface area contributed by atoms with E-state index in [0.29, 0.717) is 0 Å². The summed E-state index contributed by atoms with van der Waals surface area (Å²) in [4.78, 5) is 9.67. The largest absolute Gasteiger partial charge is 0.497 e. The highest BCUT2D eigenvalue weighted by Gasteiger charge is 2.26. The summed E-state index contributed by atoms with van der Waals surface area (Å²) in [5.41, 5.74) is -0.673. The van der Waals surface area contributed by atoms with Crippen LogP contribution in [-0.2, 0) is 10.0 Å². The molecule has 2 aromatic carbocycles. The number of halogens is 1. The number of nitrogens with zero attached hydrogens (tertiary/aromatic N) is 1. The molecule has 0 radical (unpaired) electrons. The van der Waals surface area contributed by atoms with Crippen molar-refractivity contribution in [1.29, 1.82) is 0 Å². The number of ether oxygens (including phenoxy) is 1. The summed E-state index contributed by atoms with van der Waals surface area (Å²) >= 11 is 0. The Balaban J connectivity index is 2.47.